The van der Waals surface area contributed by atoms with Gasteiger partial charge in [0.25, 0.3) is 0 Å². The van der Waals surface area contributed by atoms with Crippen LogP contribution in [0.15, 0.2) is 23.1 Å². The summed E-state index contributed by atoms with van der Waals surface area (Å²) in [5.41, 5.74) is 1.75. The van der Waals surface area contributed by atoms with Crippen LogP contribution in [0, 0.1) is 5.92 Å². The molecule has 0 aromatic heterocycles. The van der Waals surface area contributed by atoms with Crippen LogP contribution >= 0.6 is 0 Å². The Morgan fingerprint density at radius 3 is 2.96 bits per heavy atom. The number of fused-ring (bicyclic) bond motifs is 1. The van der Waals surface area contributed by atoms with E-state index in [1.54, 1.807) is 17.0 Å². The Labute approximate surface area is 137 Å². The van der Waals surface area contributed by atoms with Gasteiger partial charge in [-0.2, -0.15) is 0 Å². The third-order valence-corrected chi connectivity index (χ3v) is 6.02. The number of sulfonamides is 1. The van der Waals surface area contributed by atoms with E-state index >= 15 is 0 Å². The van der Waals surface area contributed by atoms with Crippen molar-refractivity contribution in [1.29, 1.82) is 0 Å². The fourth-order valence-electron chi connectivity index (χ4n) is 3.26. The van der Waals surface area contributed by atoms with Gasteiger partial charge >= 0.3 is 0 Å². The molecule has 1 aromatic carbocycles. The molecular formula is C16H23N3O3S. The SMILES string of the molecule is CC(=O)N1CCc2ccc(S(=O)(=O)NCC3CCCNC3)cc21. The number of hydrogen-bond donors (Lipinski definition) is 2. The van der Waals surface area contributed by atoms with Gasteiger partial charge in [-0.05, 0) is 56.0 Å². The highest BCUT2D eigenvalue weighted by molar-refractivity contribution is 7.89. The summed E-state index contributed by atoms with van der Waals surface area (Å²) in [6.45, 7) is 4.43. The highest BCUT2D eigenvalue weighted by Gasteiger charge is 2.25. The Morgan fingerprint density at radius 2 is 2.26 bits per heavy atom. The van der Waals surface area contributed by atoms with E-state index in [-0.39, 0.29) is 10.8 Å². The normalized spacial score (nSPS) is 21.3. The number of piperidine rings is 1. The van der Waals surface area contributed by atoms with Crippen molar-refractivity contribution in [3.63, 3.8) is 0 Å². The maximum absolute atomic E-state index is 12.5. The maximum atomic E-state index is 12.5. The molecule has 1 unspecified atom stereocenters. The molecule has 1 saturated heterocycles. The van der Waals surface area contributed by atoms with Crippen LogP contribution in [0.4, 0.5) is 5.69 Å². The van der Waals surface area contributed by atoms with Crippen LogP contribution < -0.4 is 14.9 Å². The number of amides is 1. The van der Waals surface area contributed by atoms with E-state index in [0.717, 1.165) is 43.6 Å². The maximum Gasteiger partial charge on any atom is 0.240 e. The van der Waals surface area contributed by atoms with Crippen LogP contribution in [-0.2, 0) is 21.2 Å². The van der Waals surface area contributed by atoms with Crippen LogP contribution in [0.2, 0.25) is 0 Å². The molecule has 0 spiro atoms. The molecule has 23 heavy (non-hydrogen) atoms. The minimum Gasteiger partial charge on any atom is -0.316 e. The molecular weight excluding hydrogens is 314 g/mol. The van der Waals surface area contributed by atoms with Crippen LogP contribution in [-0.4, -0.2) is 40.5 Å². The van der Waals surface area contributed by atoms with Gasteiger partial charge in [-0.15, -0.1) is 0 Å². The van der Waals surface area contributed by atoms with E-state index in [0.29, 0.717) is 19.0 Å². The van der Waals surface area contributed by atoms with Gasteiger partial charge in [0.1, 0.15) is 0 Å². The molecule has 1 amide bonds. The Morgan fingerprint density at radius 1 is 1.43 bits per heavy atom. The van der Waals surface area contributed by atoms with Crippen molar-refractivity contribution in [3.8, 4) is 0 Å². The second-order valence-corrected chi connectivity index (χ2v) is 8.04. The van der Waals surface area contributed by atoms with Gasteiger partial charge in [-0.25, -0.2) is 13.1 Å². The summed E-state index contributed by atoms with van der Waals surface area (Å²) in [5.74, 6) is 0.279. The van der Waals surface area contributed by atoms with Crippen LogP contribution in [0.1, 0.15) is 25.3 Å². The summed E-state index contributed by atoms with van der Waals surface area (Å²) in [6.07, 6.45) is 2.90. The average molecular weight is 337 g/mol. The molecule has 2 aliphatic rings. The van der Waals surface area contributed by atoms with E-state index in [1.165, 1.54) is 6.92 Å². The minimum atomic E-state index is -3.55. The lowest BCUT2D eigenvalue weighted by molar-refractivity contribution is -0.116. The molecule has 1 atom stereocenters. The predicted molar refractivity (Wildman–Crippen MR) is 89.0 cm³/mol. The highest BCUT2D eigenvalue weighted by atomic mass is 32.2. The van der Waals surface area contributed by atoms with Crippen molar-refractivity contribution >= 4 is 21.6 Å². The molecule has 2 aliphatic heterocycles. The molecule has 6 nitrogen and oxygen atoms in total. The number of nitrogens with one attached hydrogen (secondary N) is 2. The number of rotatable bonds is 4. The highest BCUT2D eigenvalue weighted by Crippen LogP contribution is 2.30. The first-order valence-electron chi connectivity index (χ1n) is 8.09. The molecule has 0 aliphatic carbocycles. The van der Waals surface area contributed by atoms with Crippen LogP contribution in [0.25, 0.3) is 0 Å². The first-order valence-corrected chi connectivity index (χ1v) is 9.57. The summed E-state index contributed by atoms with van der Waals surface area (Å²) >= 11 is 0. The Bertz CT molecular complexity index is 697. The van der Waals surface area contributed by atoms with E-state index in [4.69, 9.17) is 0 Å². The van der Waals surface area contributed by atoms with Gasteiger partial charge in [-0.1, -0.05) is 6.07 Å². The van der Waals surface area contributed by atoms with Gasteiger partial charge in [0, 0.05) is 25.7 Å². The standard InChI is InChI=1S/C16H23N3O3S/c1-12(20)19-8-6-14-4-5-15(9-16(14)19)23(21,22)18-11-13-3-2-7-17-10-13/h4-5,9,13,17-18H,2-3,6-8,10-11H2,1H3. The smallest absolute Gasteiger partial charge is 0.240 e. The lowest BCUT2D eigenvalue weighted by Gasteiger charge is -2.23. The van der Waals surface area contributed by atoms with E-state index in [9.17, 15) is 13.2 Å². The topological polar surface area (TPSA) is 78.5 Å². The Balaban J connectivity index is 1.75. The number of carbonyl (C=O) groups is 1. The number of carbonyl (C=O) groups excluding carboxylic acids is 1. The fourth-order valence-corrected chi connectivity index (χ4v) is 4.40. The molecule has 2 N–H and O–H groups in total. The predicted octanol–water partition coefficient (Wildman–Crippen LogP) is 0.873. The molecule has 0 radical (unpaired) electrons. The molecule has 2 heterocycles. The number of anilines is 1. The molecule has 1 fully saturated rings. The van der Waals surface area contributed by atoms with Gasteiger partial charge < -0.3 is 10.2 Å². The Kier molecular flexibility index (Phi) is 4.70. The van der Waals surface area contributed by atoms with E-state index in [1.807, 2.05) is 6.07 Å². The second-order valence-electron chi connectivity index (χ2n) is 6.28. The van der Waals surface area contributed by atoms with Crippen molar-refractivity contribution in [1.82, 2.24) is 10.0 Å². The van der Waals surface area contributed by atoms with Crippen molar-refractivity contribution in [2.75, 3.05) is 31.1 Å². The fraction of sp³-hybridized carbons (Fsp3) is 0.562. The van der Waals surface area contributed by atoms with Crippen LogP contribution in [0.3, 0.4) is 0 Å². The molecule has 0 saturated carbocycles. The largest absolute Gasteiger partial charge is 0.316 e. The number of nitrogens with zero attached hydrogens (tertiary/aromatic N) is 1. The lowest BCUT2D eigenvalue weighted by Crippen LogP contribution is -2.38. The number of hydrogen-bond acceptors (Lipinski definition) is 4. The van der Waals surface area contributed by atoms with Gasteiger partial charge in [-0.3, -0.25) is 4.79 Å². The molecule has 0 bridgehead atoms. The first kappa shape index (κ1) is 16.4. The lowest BCUT2D eigenvalue weighted by atomic mass is 10.0. The zero-order chi connectivity index (χ0) is 16.4. The van der Waals surface area contributed by atoms with Gasteiger partial charge in [0.2, 0.25) is 15.9 Å². The average Bonchev–Trinajstić information content (AvgIpc) is 2.97. The van der Waals surface area contributed by atoms with E-state index < -0.39 is 10.0 Å². The molecule has 3 rings (SSSR count). The molecule has 1 aromatic rings. The van der Waals surface area contributed by atoms with Crippen molar-refractivity contribution in [2.45, 2.75) is 31.1 Å². The number of benzene rings is 1. The van der Waals surface area contributed by atoms with Crippen LogP contribution in [0.5, 0.6) is 0 Å². The molecule has 126 valence electrons. The summed E-state index contributed by atoms with van der Waals surface area (Å²) in [6, 6.07) is 5.06. The zero-order valence-corrected chi connectivity index (χ0v) is 14.2. The van der Waals surface area contributed by atoms with Gasteiger partial charge in [0.15, 0.2) is 0 Å². The summed E-state index contributed by atoms with van der Waals surface area (Å²) in [5, 5.41) is 3.28. The van der Waals surface area contributed by atoms with Crippen molar-refractivity contribution in [3.05, 3.63) is 23.8 Å². The second kappa shape index (κ2) is 6.59. The molecule has 7 heteroatoms. The summed E-state index contributed by atoms with van der Waals surface area (Å²) in [4.78, 5) is 13.5. The monoisotopic (exact) mass is 337 g/mol. The van der Waals surface area contributed by atoms with Crippen molar-refractivity contribution in [2.24, 2.45) is 5.92 Å². The zero-order valence-electron chi connectivity index (χ0n) is 13.3. The Hall–Kier alpha value is -1.44. The summed E-state index contributed by atoms with van der Waals surface area (Å²) < 4.78 is 27.7. The third kappa shape index (κ3) is 3.57. The van der Waals surface area contributed by atoms with Crippen molar-refractivity contribution < 1.29 is 13.2 Å². The van der Waals surface area contributed by atoms with Gasteiger partial charge in [0.05, 0.1) is 4.90 Å². The first-order chi connectivity index (χ1) is 11.0. The minimum absolute atomic E-state index is 0.0560. The summed E-state index contributed by atoms with van der Waals surface area (Å²) in [7, 11) is -3.55. The third-order valence-electron chi connectivity index (χ3n) is 4.60. The van der Waals surface area contributed by atoms with E-state index in [2.05, 4.69) is 10.0 Å². The quantitative estimate of drug-likeness (QED) is 0.855.